The molecule has 0 saturated heterocycles. The van der Waals surface area contributed by atoms with Gasteiger partial charge in [0, 0.05) is 7.11 Å². The summed E-state index contributed by atoms with van der Waals surface area (Å²) in [6.07, 6.45) is -1.60. The van der Waals surface area contributed by atoms with Crippen LogP contribution in [-0.4, -0.2) is 23.3 Å². The molecule has 0 aliphatic rings. The van der Waals surface area contributed by atoms with E-state index in [2.05, 4.69) is 0 Å². The monoisotopic (exact) mass is 210 g/mol. The third kappa shape index (κ3) is 2.78. The first-order chi connectivity index (χ1) is 7.06. The van der Waals surface area contributed by atoms with Gasteiger partial charge in [-0.2, -0.15) is 0 Å². The number of aliphatic hydroxyl groups excluding tert-OH is 1. The summed E-state index contributed by atoms with van der Waals surface area (Å²) < 4.78 is 5.10. The lowest BCUT2D eigenvalue weighted by atomic mass is 10.0. The van der Waals surface area contributed by atoms with E-state index in [9.17, 15) is 9.90 Å². The number of benzene rings is 1. The molecule has 0 radical (unpaired) electrons. The molecule has 2 atom stereocenters. The molecule has 0 spiro atoms. The summed E-state index contributed by atoms with van der Waals surface area (Å²) >= 11 is 0. The maximum absolute atomic E-state index is 10.6. The Morgan fingerprint density at radius 1 is 1.40 bits per heavy atom. The first-order valence-corrected chi connectivity index (χ1v) is 4.59. The standard InChI is InChI=1S/C11H14O4/c1-7(15-2)8-4-3-5-9(6-8)10(12)11(13)14/h3-7,10,12H,1-2H3,(H,13,14). The molecule has 0 aliphatic carbocycles. The van der Waals surface area contributed by atoms with Crippen LogP contribution in [0.4, 0.5) is 0 Å². The van der Waals surface area contributed by atoms with Gasteiger partial charge in [0.1, 0.15) is 0 Å². The Kier molecular flexibility index (Phi) is 3.82. The zero-order valence-corrected chi connectivity index (χ0v) is 8.68. The third-order valence-electron chi connectivity index (χ3n) is 2.28. The lowest BCUT2D eigenvalue weighted by Gasteiger charge is -2.12. The van der Waals surface area contributed by atoms with Gasteiger partial charge in [-0.1, -0.05) is 24.3 Å². The zero-order chi connectivity index (χ0) is 11.4. The van der Waals surface area contributed by atoms with Crippen LogP contribution in [0.25, 0.3) is 0 Å². The van der Waals surface area contributed by atoms with Crippen LogP contribution in [0.5, 0.6) is 0 Å². The fourth-order valence-corrected chi connectivity index (χ4v) is 1.26. The Hall–Kier alpha value is -1.39. The van der Waals surface area contributed by atoms with Crippen LogP contribution >= 0.6 is 0 Å². The maximum Gasteiger partial charge on any atom is 0.337 e. The summed E-state index contributed by atoms with van der Waals surface area (Å²) in [5.74, 6) is -1.25. The quantitative estimate of drug-likeness (QED) is 0.790. The smallest absolute Gasteiger partial charge is 0.337 e. The Bertz CT molecular complexity index is 348. The van der Waals surface area contributed by atoms with Crippen LogP contribution in [0.15, 0.2) is 24.3 Å². The molecule has 15 heavy (non-hydrogen) atoms. The van der Waals surface area contributed by atoms with Gasteiger partial charge in [-0.25, -0.2) is 4.79 Å². The number of carboxylic acid groups (broad SMARTS) is 1. The molecule has 1 rings (SSSR count). The number of hydrogen-bond acceptors (Lipinski definition) is 3. The number of methoxy groups -OCH3 is 1. The number of hydrogen-bond donors (Lipinski definition) is 2. The first-order valence-electron chi connectivity index (χ1n) is 4.59. The molecule has 2 unspecified atom stereocenters. The van der Waals surface area contributed by atoms with Crippen molar-refractivity contribution in [2.24, 2.45) is 0 Å². The predicted octanol–water partition coefficient (Wildman–Crippen LogP) is 1.51. The van der Waals surface area contributed by atoms with Gasteiger partial charge in [-0.3, -0.25) is 0 Å². The van der Waals surface area contributed by atoms with Gasteiger partial charge in [0.15, 0.2) is 6.10 Å². The van der Waals surface area contributed by atoms with E-state index in [0.29, 0.717) is 5.56 Å². The van der Waals surface area contributed by atoms with Crippen molar-refractivity contribution < 1.29 is 19.7 Å². The van der Waals surface area contributed by atoms with E-state index >= 15 is 0 Å². The summed E-state index contributed by atoms with van der Waals surface area (Å²) in [5.41, 5.74) is 1.21. The van der Waals surface area contributed by atoms with Crippen molar-refractivity contribution in [2.45, 2.75) is 19.1 Å². The topological polar surface area (TPSA) is 66.8 Å². The van der Waals surface area contributed by atoms with Gasteiger partial charge in [0.05, 0.1) is 6.10 Å². The third-order valence-corrected chi connectivity index (χ3v) is 2.28. The average molecular weight is 210 g/mol. The van der Waals surface area contributed by atoms with E-state index < -0.39 is 12.1 Å². The number of carbonyl (C=O) groups is 1. The zero-order valence-electron chi connectivity index (χ0n) is 8.68. The van der Waals surface area contributed by atoms with Crippen LogP contribution in [0, 0.1) is 0 Å². The van der Waals surface area contributed by atoms with Gasteiger partial charge in [-0.05, 0) is 18.1 Å². The largest absolute Gasteiger partial charge is 0.479 e. The van der Waals surface area contributed by atoms with Crippen molar-refractivity contribution in [2.75, 3.05) is 7.11 Å². The fourth-order valence-electron chi connectivity index (χ4n) is 1.26. The molecule has 0 bridgehead atoms. The second-order valence-corrected chi connectivity index (χ2v) is 3.29. The van der Waals surface area contributed by atoms with Crippen molar-refractivity contribution in [1.82, 2.24) is 0 Å². The Balaban J connectivity index is 2.97. The minimum absolute atomic E-state index is 0.119. The second kappa shape index (κ2) is 4.91. The molecular weight excluding hydrogens is 196 g/mol. The molecule has 0 saturated carbocycles. The predicted molar refractivity (Wildman–Crippen MR) is 54.5 cm³/mol. The lowest BCUT2D eigenvalue weighted by molar-refractivity contribution is -0.146. The molecule has 2 N–H and O–H groups in total. The molecule has 0 aliphatic heterocycles. The first kappa shape index (κ1) is 11.7. The Morgan fingerprint density at radius 3 is 2.53 bits per heavy atom. The molecule has 82 valence electrons. The summed E-state index contributed by atoms with van der Waals surface area (Å²) in [5, 5.41) is 18.0. The molecule has 1 aromatic carbocycles. The van der Waals surface area contributed by atoms with Crippen molar-refractivity contribution in [3.8, 4) is 0 Å². The van der Waals surface area contributed by atoms with Gasteiger partial charge < -0.3 is 14.9 Å². The summed E-state index contributed by atoms with van der Waals surface area (Å²) in [6.45, 7) is 1.85. The van der Waals surface area contributed by atoms with E-state index in [1.165, 1.54) is 0 Å². The number of rotatable bonds is 4. The number of aliphatic hydroxyl groups is 1. The SMILES string of the molecule is COC(C)c1cccc(C(O)C(=O)O)c1. The average Bonchev–Trinajstić information content (AvgIpc) is 2.27. The van der Waals surface area contributed by atoms with Gasteiger partial charge in [-0.15, -0.1) is 0 Å². The molecule has 0 amide bonds. The van der Waals surface area contributed by atoms with E-state index in [-0.39, 0.29) is 6.10 Å². The number of carboxylic acids is 1. The maximum atomic E-state index is 10.6. The highest BCUT2D eigenvalue weighted by molar-refractivity contribution is 5.74. The molecule has 0 aromatic heterocycles. The van der Waals surface area contributed by atoms with Crippen molar-refractivity contribution in [3.05, 3.63) is 35.4 Å². The molecule has 0 heterocycles. The van der Waals surface area contributed by atoms with Gasteiger partial charge in [0.25, 0.3) is 0 Å². The minimum atomic E-state index is -1.48. The van der Waals surface area contributed by atoms with E-state index in [0.717, 1.165) is 5.56 Å². The van der Waals surface area contributed by atoms with Crippen LogP contribution in [0.3, 0.4) is 0 Å². The van der Waals surface area contributed by atoms with Crippen LogP contribution < -0.4 is 0 Å². The molecule has 4 heteroatoms. The minimum Gasteiger partial charge on any atom is -0.479 e. The van der Waals surface area contributed by atoms with Crippen molar-refractivity contribution in [3.63, 3.8) is 0 Å². The summed E-state index contributed by atoms with van der Waals surface area (Å²) in [7, 11) is 1.57. The highest BCUT2D eigenvalue weighted by atomic mass is 16.5. The molecular formula is C11H14O4. The Morgan fingerprint density at radius 2 is 2.00 bits per heavy atom. The molecule has 1 aromatic rings. The highest BCUT2D eigenvalue weighted by Gasteiger charge is 2.16. The van der Waals surface area contributed by atoms with E-state index in [1.807, 2.05) is 13.0 Å². The summed E-state index contributed by atoms with van der Waals surface area (Å²) in [4.78, 5) is 10.6. The van der Waals surface area contributed by atoms with Crippen LogP contribution in [0.2, 0.25) is 0 Å². The van der Waals surface area contributed by atoms with Crippen LogP contribution in [0.1, 0.15) is 30.3 Å². The second-order valence-electron chi connectivity index (χ2n) is 3.29. The number of ether oxygens (including phenoxy) is 1. The molecule has 4 nitrogen and oxygen atoms in total. The Labute approximate surface area is 88.1 Å². The van der Waals surface area contributed by atoms with E-state index in [4.69, 9.17) is 9.84 Å². The highest BCUT2D eigenvalue weighted by Crippen LogP contribution is 2.20. The molecule has 0 fully saturated rings. The van der Waals surface area contributed by atoms with Crippen molar-refractivity contribution in [1.29, 1.82) is 0 Å². The summed E-state index contributed by atoms with van der Waals surface area (Å²) in [6, 6.07) is 6.73. The van der Waals surface area contributed by atoms with Gasteiger partial charge >= 0.3 is 5.97 Å². The lowest BCUT2D eigenvalue weighted by Crippen LogP contribution is -2.11. The normalized spacial score (nSPS) is 14.6. The van der Waals surface area contributed by atoms with Gasteiger partial charge in [0.2, 0.25) is 0 Å². The van der Waals surface area contributed by atoms with Crippen molar-refractivity contribution >= 4 is 5.97 Å². The number of aliphatic carboxylic acids is 1. The van der Waals surface area contributed by atoms with E-state index in [1.54, 1.807) is 25.3 Å². The fraction of sp³-hybridized carbons (Fsp3) is 0.364. The van der Waals surface area contributed by atoms with Crippen LogP contribution in [-0.2, 0) is 9.53 Å².